The zero-order valence-electron chi connectivity index (χ0n) is 23.9. The molecule has 0 fully saturated rings. The van der Waals surface area contributed by atoms with Crippen molar-refractivity contribution in [3.8, 4) is 0 Å². The number of esters is 2. The molecule has 0 saturated carbocycles. The van der Waals surface area contributed by atoms with Gasteiger partial charge in [-0.1, -0.05) is 84.9 Å². The molecule has 0 spiro atoms. The summed E-state index contributed by atoms with van der Waals surface area (Å²) in [4.78, 5) is 24.5. The van der Waals surface area contributed by atoms with Crippen LogP contribution in [0.25, 0.3) is 22.3 Å². The van der Waals surface area contributed by atoms with Crippen LogP contribution in [0.1, 0.15) is 22.3 Å². The minimum Gasteiger partial charge on any atom is -0.457 e. The molecule has 0 bridgehead atoms. The van der Waals surface area contributed by atoms with Crippen molar-refractivity contribution < 1.29 is 35.9 Å². The van der Waals surface area contributed by atoms with Gasteiger partial charge in [0.1, 0.15) is 13.2 Å². The first-order valence-corrected chi connectivity index (χ1v) is 17.2. The summed E-state index contributed by atoms with van der Waals surface area (Å²) in [7, 11) is -6.47. The molecule has 0 amide bonds. The molecule has 6 rings (SSSR count). The van der Waals surface area contributed by atoms with Crippen LogP contribution < -0.4 is 0 Å². The molecular weight excluding hydrogens is 601 g/mol. The van der Waals surface area contributed by atoms with Gasteiger partial charge in [0.15, 0.2) is 19.7 Å². The smallest absolute Gasteiger partial charge is 0.339 e. The van der Waals surface area contributed by atoms with Crippen molar-refractivity contribution in [2.75, 3.05) is 25.7 Å². The van der Waals surface area contributed by atoms with E-state index in [1.54, 1.807) is 48.5 Å². The maximum Gasteiger partial charge on any atom is 0.339 e. The summed E-state index contributed by atoms with van der Waals surface area (Å²) in [5, 5.41) is 0. The third-order valence-electron chi connectivity index (χ3n) is 7.09. The Labute approximate surface area is 256 Å². The molecule has 0 aliphatic carbocycles. The lowest BCUT2D eigenvalue weighted by molar-refractivity contribution is -0.134. The zero-order valence-corrected chi connectivity index (χ0v) is 25.5. The van der Waals surface area contributed by atoms with Crippen molar-refractivity contribution in [3.05, 3.63) is 131 Å². The molecule has 0 radical (unpaired) electrons. The van der Waals surface area contributed by atoms with Crippen LogP contribution in [-0.4, -0.2) is 54.5 Å². The highest BCUT2D eigenvalue weighted by molar-refractivity contribution is 7.91. The molecule has 2 aliphatic rings. The molecule has 44 heavy (non-hydrogen) atoms. The summed E-state index contributed by atoms with van der Waals surface area (Å²) in [6.07, 6.45) is 2.33. The van der Waals surface area contributed by atoms with E-state index in [0.29, 0.717) is 11.1 Å². The number of rotatable bonds is 6. The molecule has 0 aromatic heterocycles. The van der Waals surface area contributed by atoms with Gasteiger partial charge in [0.2, 0.25) is 0 Å². The molecule has 4 aromatic carbocycles. The molecule has 0 N–H and O–H groups in total. The summed E-state index contributed by atoms with van der Waals surface area (Å²) in [5.41, 5.74) is 5.79. The lowest BCUT2D eigenvalue weighted by Crippen LogP contribution is -1.98. The summed E-state index contributed by atoms with van der Waals surface area (Å²) in [6, 6.07) is 31.6. The molecule has 2 aliphatic heterocycles. The van der Waals surface area contributed by atoms with Crippen molar-refractivity contribution in [1.82, 2.24) is 0 Å². The van der Waals surface area contributed by atoms with Gasteiger partial charge in [-0.25, -0.2) is 26.4 Å². The molecule has 2 heterocycles. The van der Waals surface area contributed by atoms with E-state index in [1.165, 1.54) is 12.5 Å². The van der Waals surface area contributed by atoms with Gasteiger partial charge in [-0.2, -0.15) is 0 Å². The van der Waals surface area contributed by atoms with Crippen LogP contribution in [0.5, 0.6) is 0 Å². The number of benzene rings is 4. The fraction of sp³-hybridized carbons (Fsp3) is 0.118. The first kappa shape index (κ1) is 30.7. The van der Waals surface area contributed by atoms with E-state index in [9.17, 15) is 26.4 Å². The Morgan fingerprint density at radius 2 is 0.773 bits per heavy atom. The Bertz CT molecular complexity index is 1840. The number of hydrogen-bond acceptors (Lipinski definition) is 8. The Kier molecular flexibility index (Phi) is 8.66. The lowest BCUT2D eigenvalue weighted by Gasteiger charge is -2.05. The normalized spacial score (nSPS) is 15.0. The van der Waals surface area contributed by atoms with Crippen LogP contribution in [-0.2, 0) is 38.7 Å². The summed E-state index contributed by atoms with van der Waals surface area (Å²) < 4.78 is 56.4. The average Bonchev–Trinajstić information content (AvgIpc) is 3.60. The predicted octanol–water partition coefficient (Wildman–Crippen LogP) is 5.12. The molecule has 224 valence electrons. The topological polar surface area (TPSA) is 121 Å². The second kappa shape index (κ2) is 12.4. The van der Waals surface area contributed by atoms with Crippen LogP contribution >= 0.6 is 0 Å². The number of cyclic esters (lactones) is 2. The lowest BCUT2D eigenvalue weighted by atomic mass is 9.97. The Morgan fingerprint density at radius 3 is 1.07 bits per heavy atom. The Morgan fingerprint density at radius 1 is 0.455 bits per heavy atom. The maximum absolute atomic E-state index is 12.0. The van der Waals surface area contributed by atoms with Crippen LogP contribution in [0.15, 0.2) is 119 Å². The van der Waals surface area contributed by atoms with Crippen molar-refractivity contribution in [3.63, 3.8) is 0 Å². The molecule has 0 saturated heterocycles. The molecule has 4 aromatic rings. The van der Waals surface area contributed by atoms with Gasteiger partial charge in [-0.15, -0.1) is 0 Å². The quantitative estimate of drug-likeness (QED) is 0.270. The van der Waals surface area contributed by atoms with Gasteiger partial charge in [-0.05, 0) is 46.5 Å². The molecule has 10 heteroatoms. The first-order chi connectivity index (χ1) is 20.9. The monoisotopic (exact) mass is 628 g/mol. The van der Waals surface area contributed by atoms with Gasteiger partial charge in [0.25, 0.3) is 0 Å². The molecule has 0 unspecified atom stereocenters. The van der Waals surface area contributed by atoms with Gasteiger partial charge >= 0.3 is 11.9 Å². The van der Waals surface area contributed by atoms with E-state index in [4.69, 9.17) is 9.47 Å². The number of sulfone groups is 2. The fourth-order valence-electron chi connectivity index (χ4n) is 4.87. The van der Waals surface area contributed by atoms with E-state index in [0.717, 1.165) is 33.4 Å². The predicted molar refractivity (Wildman–Crippen MR) is 168 cm³/mol. The van der Waals surface area contributed by atoms with Crippen molar-refractivity contribution in [2.45, 2.75) is 9.79 Å². The number of ether oxygens (including phenoxy) is 2. The minimum atomic E-state index is -3.23. The summed E-state index contributed by atoms with van der Waals surface area (Å²) in [5.74, 6) is -0.707. The van der Waals surface area contributed by atoms with Gasteiger partial charge < -0.3 is 9.47 Å². The van der Waals surface area contributed by atoms with Crippen molar-refractivity contribution >= 4 is 53.9 Å². The Hall–Kier alpha value is -4.80. The third-order valence-corrected chi connectivity index (χ3v) is 9.35. The van der Waals surface area contributed by atoms with Crippen LogP contribution in [0.2, 0.25) is 0 Å². The molecular formula is C34H28O8S2. The molecule has 8 nitrogen and oxygen atoms in total. The molecule has 0 atom stereocenters. The highest BCUT2D eigenvalue weighted by atomic mass is 32.2. The maximum atomic E-state index is 12.0. The number of carbonyl (C=O) groups excluding carboxylic acids is 2. The van der Waals surface area contributed by atoms with E-state index in [2.05, 4.69) is 0 Å². The minimum absolute atomic E-state index is 0.196. The van der Waals surface area contributed by atoms with Crippen molar-refractivity contribution in [2.24, 2.45) is 0 Å². The average molecular weight is 629 g/mol. The zero-order chi connectivity index (χ0) is 31.5. The van der Waals surface area contributed by atoms with Gasteiger partial charge in [0, 0.05) is 23.7 Å². The van der Waals surface area contributed by atoms with E-state index < -0.39 is 19.7 Å². The third kappa shape index (κ3) is 6.72. The number of carbonyl (C=O) groups is 2. The standard InChI is InChI=1S/2C17H14O4S/c2*1-22(19,20)14-9-7-12(8-10-14)15-11-21-17(18)16(15)13-5-3-2-4-6-13/h2*2-10H,11H2,1H3. The van der Waals surface area contributed by atoms with Crippen LogP contribution in [0.4, 0.5) is 0 Å². The Balaban J connectivity index is 0.000000175. The van der Waals surface area contributed by atoms with Crippen molar-refractivity contribution in [1.29, 1.82) is 0 Å². The van der Waals surface area contributed by atoms with E-state index in [-0.39, 0.29) is 34.9 Å². The number of hydrogen-bond donors (Lipinski definition) is 0. The van der Waals surface area contributed by atoms with Gasteiger partial charge in [-0.3, -0.25) is 0 Å². The van der Waals surface area contributed by atoms with E-state index in [1.807, 2.05) is 60.7 Å². The highest BCUT2D eigenvalue weighted by Gasteiger charge is 2.28. The fourth-order valence-corrected chi connectivity index (χ4v) is 6.13. The summed E-state index contributed by atoms with van der Waals surface area (Å²) >= 11 is 0. The van der Waals surface area contributed by atoms with Gasteiger partial charge in [0.05, 0.1) is 20.9 Å². The second-order valence-electron chi connectivity index (χ2n) is 10.2. The van der Waals surface area contributed by atoms with Crippen LogP contribution in [0, 0.1) is 0 Å². The highest BCUT2D eigenvalue weighted by Crippen LogP contribution is 2.34. The summed E-state index contributed by atoms with van der Waals surface area (Å²) in [6.45, 7) is 0.391. The first-order valence-electron chi connectivity index (χ1n) is 13.5. The van der Waals surface area contributed by atoms with E-state index >= 15 is 0 Å². The SMILES string of the molecule is CS(=O)(=O)c1ccc(C2=C(c3ccccc3)C(=O)OC2)cc1.CS(=O)(=O)c1ccc(C2=C(c3ccccc3)C(=O)OC2)cc1. The second-order valence-corrected chi connectivity index (χ2v) is 14.2. The largest absolute Gasteiger partial charge is 0.457 e. The van der Waals surface area contributed by atoms with Crippen LogP contribution in [0.3, 0.4) is 0 Å².